The predicted molar refractivity (Wildman–Crippen MR) is 74.5 cm³/mol. The highest BCUT2D eigenvalue weighted by Gasteiger charge is 2.12. The molecule has 0 saturated carbocycles. The number of para-hydroxylation sites is 1. The molecule has 0 aliphatic rings. The van der Waals surface area contributed by atoms with E-state index >= 15 is 0 Å². The SMILES string of the molecule is CC(C)OCCS(=O)(=O)Nc1ccccc1CCl. The molecular weight excluding hydrogens is 274 g/mol. The molecule has 1 N–H and O–H groups in total. The number of nitrogens with one attached hydrogen (secondary N) is 1. The third-order valence-electron chi connectivity index (χ3n) is 2.23. The Kier molecular flexibility index (Phi) is 5.91. The van der Waals surface area contributed by atoms with Crippen LogP contribution in [0.15, 0.2) is 24.3 Å². The topological polar surface area (TPSA) is 55.4 Å². The van der Waals surface area contributed by atoms with Gasteiger partial charge in [0, 0.05) is 5.88 Å². The highest BCUT2D eigenvalue weighted by atomic mass is 35.5. The van der Waals surface area contributed by atoms with E-state index in [0.717, 1.165) is 5.56 Å². The number of sulfonamides is 1. The van der Waals surface area contributed by atoms with Gasteiger partial charge in [-0.3, -0.25) is 4.72 Å². The monoisotopic (exact) mass is 291 g/mol. The molecular formula is C12H18ClNO3S. The third-order valence-corrected chi connectivity index (χ3v) is 3.75. The summed E-state index contributed by atoms with van der Waals surface area (Å²) in [6.45, 7) is 3.90. The van der Waals surface area contributed by atoms with Gasteiger partial charge in [-0.15, -0.1) is 11.6 Å². The molecule has 6 heteroatoms. The molecule has 0 bridgehead atoms. The lowest BCUT2D eigenvalue weighted by atomic mass is 10.2. The summed E-state index contributed by atoms with van der Waals surface area (Å²) in [6, 6.07) is 7.06. The van der Waals surface area contributed by atoms with Crippen molar-refractivity contribution in [2.24, 2.45) is 0 Å². The van der Waals surface area contributed by atoms with Crippen LogP contribution in [0.2, 0.25) is 0 Å². The maximum Gasteiger partial charge on any atom is 0.235 e. The van der Waals surface area contributed by atoms with Crippen molar-refractivity contribution in [3.8, 4) is 0 Å². The molecule has 1 aromatic carbocycles. The number of halogens is 1. The van der Waals surface area contributed by atoms with Crippen molar-refractivity contribution >= 4 is 27.3 Å². The maximum absolute atomic E-state index is 11.8. The fraction of sp³-hybridized carbons (Fsp3) is 0.500. The highest BCUT2D eigenvalue weighted by molar-refractivity contribution is 7.92. The summed E-state index contributed by atoms with van der Waals surface area (Å²) in [5.41, 5.74) is 1.28. The van der Waals surface area contributed by atoms with Gasteiger partial charge in [0.15, 0.2) is 0 Å². The number of benzene rings is 1. The van der Waals surface area contributed by atoms with Gasteiger partial charge in [-0.05, 0) is 25.5 Å². The summed E-state index contributed by atoms with van der Waals surface area (Å²) in [7, 11) is -3.40. The molecule has 0 spiro atoms. The summed E-state index contributed by atoms with van der Waals surface area (Å²) in [4.78, 5) is 0. The van der Waals surface area contributed by atoms with Crippen LogP contribution in [-0.4, -0.2) is 26.9 Å². The van der Waals surface area contributed by atoms with E-state index in [-0.39, 0.29) is 24.3 Å². The fourth-order valence-electron chi connectivity index (χ4n) is 1.35. The van der Waals surface area contributed by atoms with Gasteiger partial charge in [0.2, 0.25) is 10.0 Å². The van der Waals surface area contributed by atoms with Crippen LogP contribution in [0.3, 0.4) is 0 Å². The Balaban J connectivity index is 2.65. The summed E-state index contributed by atoms with van der Waals surface area (Å²) in [5.74, 6) is 0.197. The number of anilines is 1. The first kappa shape index (κ1) is 15.3. The van der Waals surface area contributed by atoms with Gasteiger partial charge in [-0.25, -0.2) is 8.42 Å². The summed E-state index contributed by atoms with van der Waals surface area (Å²) in [6.07, 6.45) is 0.0235. The molecule has 0 aliphatic heterocycles. The van der Waals surface area contributed by atoms with Crippen molar-refractivity contribution in [2.75, 3.05) is 17.1 Å². The molecule has 0 heterocycles. The average molecular weight is 292 g/mol. The third kappa shape index (κ3) is 5.25. The minimum Gasteiger partial charge on any atom is -0.378 e. The Morgan fingerprint density at radius 3 is 2.61 bits per heavy atom. The summed E-state index contributed by atoms with van der Waals surface area (Å²) < 4.78 is 31.4. The Morgan fingerprint density at radius 1 is 1.33 bits per heavy atom. The molecule has 102 valence electrons. The van der Waals surface area contributed by atoms with Crippen molar-refractivity contribution in [3.63, 3.8) is 0 Å². The number of ether oxygens (including phenoxy) is 1. The Morgan fingerprint density at radius 2 is 2.00 bits per heavy atom. The lowest BCUT2D eigenvalue weighted by Crippen LogP contribution is -2.22. The van der Waals surface area contributed by atoms with Crippen LogP contribution in [0.1, 0.15) is 19.4 Å². The van der Waals surface area contributed by atoms with Gasteiger partial charge >= 0.3 is 0 Å². The second-order valence-electron chi connectivity index (χ2n) is 4.13. The lowest BCUT2D eigenvalue weighted by molar-refractivity contribution is 0.0913. The van der Waals surface area contributed by atoms with Crippen molar-refractivity contribution in [1.29, 1.82) is 0 Å². The first-order valence-corrected chi connectivity index (χ1v) is 7.89. The van der Waals surface area contributed by atoms with Crippen LogP contribution in [0.5, 0.6) is 0 Å². The van der Waals surface area contributed by atoms with E-state index in [1.807, 2.05) is 19.9 Å². The second-order valence-corrected chi connectivity index (χ2v) is 6.24. The molecule has 1 rings (SSSR count). The van der Waals surface area contributed by atoms with E-state index in [0.29, 0.717) is 5.69 Å². The zero-order valence-corrected chi connectivity index (χ0v) is 12.1. The van der Waals surface area contributed by atoms with Crippen molar-refractivity contribution in [1.82, 2.24) is 0 Å². The van der Waals surface area contributed by atoms with Crippen molar-refractivity contribution in [3.05, 3.63) is 29.8 Å². The quantitative estimate of drug-likeness (QED) is 0.786. The number of rotatable bonds is 7. The summed E-state index contributed by atoms with van der Waals surface area (Å²) >= 11 is 5.75. The maximum atomic E-state index is 11.8. The molecule has 0 radical (unpaired) electrons. The fourth-order valence-corrected chi connectivity index (χ4v) is 2.53. The predicted octanol–water partition coefficient (Wildman–Crippen LogP) is 2.59. The van der Waals surface area contributed by atoms with Gasteiger partial charge in [0.25, 0.3) is 0 Å². The molecule has 0 unspecified atom stereocenters. The van der Waals surface area contributed by atoms with Crippen LogP contribution in [0, 0.1) is 0 Å². The van der Waals surface area contributed by atoms with E-state index in [1.165, 1.54) is 0 Å². The second kappa shape index (κ2) is 6.97. The first-order valence-electron chi connectivity index (χ1n) is 5.70. The van der Waals surface area contributed by atoms with Crippen LogP contribution in [-0.2, 0) is 20.6 Å². The Bertz CT molecular complexity index is 474. The molecule has 0 atom stereocenters. The Labute approximate surface area is 113 Å². The van der Waals surface area contributed by atoms with Gasteiger partial charge in [0.1, 0.15) is 0 Å². The van der Waals surface area contributed by atoms with Gasteiger partial charge in [-0.2, -0.15) is 0 Å². The molecule has 0 fully saturated rings. The highest BCUT2D eigenvalue weighted by Crippen LogP contribution is 2.18. The zero-order chi connectivity index (χ0) is 13.6. The molecule has 0 amide bonds. The minimum absolute atomic E-state index is 0.0235. The zero-order valence-electron chi connectivity index (χ0n) is 10.5. The lowest BCUT2D eigenvalue weighted by Gasteiger charge is -2.12. The van der Waals surface area contributed by atoms with E-state index in [1.54, 1.807) is 18.2 Å². The average Bonchev–Trinajstić information content (AvgIpc) is 2.28. The van der Waals surface area contributed by atoms with Crippen LogP contribution in [0.4, 0.5) is 5.69 Å². The van der Waals surface area contributed by atoms with Crippen molar-refractivity contribution < 1.29 is 13.2 Å². The number of hydrogen-bond donors (Lipinski definition) is 1. The van der Waals surface area contributed by atoms with E-state index in [9.17, 15) is 8.42 Å². The van der Waals surface area contributed by atoms with E-state index < -0.39 is 10.0 Å². The van der Waals surface area contributed by atoms with E-state index in [4.69, 9.17) is 16.3 Å². The standard InChI is InChI=1S/C12H18ClNO3S/c1-10(2)17-7-8-18(15,16)14-12-6-4-3-5-11(12)9-13/h3-6,10,14H,7-9H2,1-2H3. The van der Waals surface area contributed by atoms with Gasteiger partial charge < -0.3 is 4.74 Å². The van der Waals surface area contributed by atoms with Gasteiger partial charge in [0.05, 0.1) is 24.2 Å². The normalized spacial score (nSPS) is 11.8. The summed E-state index contributed by atoms with van der Waals surface area (Å²) in [5, 5.41) is 0. The smallest absolute Gasteiger partial charge is 0.235 e. The van der Waals surface area contributed by atoms with E-state index in [2.05, 4.69) is 4.72 Å². The molecule has 0 aliphatic carbocycles. The number of alkyl halides is 1. The van der Waals surface area contributed by atoms with Crippen LogP contribution < -0.4 is 4.72 Å². The molecule has 1 aromatic rings. The largest absolute Gasteiger partial charge is 0.378 e. The molecule has 4 nitrogen and oxygen atoms in total. The molecule has 0 saturated heterocycles. The van der Waals surface area contributed by atoms with Crippen molar-refractivity contribution in [2.45, 2.75) is 25.8 Å². The van der Waals surface area contributed by atoms with Crippen LogP contribution in [0.25, 0.3) is 0 Å². The van der Waals surface area contributed by atoms with Gasteiger partial charge in [-0.1, -0.05) is 18.2 Å². The minimum atomic E-state index is -3.40. The Hall–Kier alpha value is -0.780. The molecule has 0 aromatic heterocycles. The first-order chi connectivity index (χ1) is 8.44. The van der Waals surface area contributed by atoms with Crippen LogP contribution >= 0.6 is 11.6 Å². The number of hydrogen-bond acceptors (Lipinski definition) is 3. The molecule has 18 heavy (non-hydrogen) atoms.